The maximum absolute atomic E-state index is 12.7. The minimum atomic E-state index is -3.73. The van der Waals surface area contributed by atoms with Crippen molar-refractivity contribution in [3.8, 4) is 0 Å². The molecule has 2 N–H and O–H groups in total. The number of nitrogens with zero attached hydrogens (tertiary/aromatic N) is 2. The predicted molar refractivity (Wildman–Crippen MR) is 99.3 cm³/mol. The van der Waals surface area contributed by atoms with Gasteiger partial charge >= 0.3 is 11.8 Å². The second kappa shape index (κ2) is 9.79. The molecule has 1 aromatic rings. The molecule has 2 rings (SSSR count). The molecule has 1 saturated heterocycles. The highest BCUT2D eigenvalue weighted by Crippen LogP contribution is 2.21. The van der Waals surface area contributed by atoms with E-state index in [-0.39, 0.29) is 24.6 Å². The standard InChI is InChI=1S/C17H26N4O5S/c1-20(2)10-6-9-18-16(22)17(23)19-13-15-21(11-12-26-15)27(24,25)14-7-4-3-5-8-14/h3-5,7-8,15H,6,9-13H2,1-2H3,(H,18,22)(H,19,23). The largest absolute Gasteiger partial charge is 0.359 e. The Morgan fingerprint density at radius 3 is 2.52 bits per heavy atom. The van der Waals surface area contributed by atoms with Crippen molar-refractivity contribution in [1.29, 1.82) is 0 Å². The molecule has 27 heavy (non-hydrogen) atoms. The maximum atomic E-state index is 12.7. The first-order chi connectivity index (χ1) is 12.8. The Labute approximate surface area is 159 Å². The summed E-state index contributed by atoms with van der Waals surface area (Å²) < 4.78 is 32.0. The quantitative estimate of drug-likeness (QED) is 0.439. The van der Waals surface area contributed by atoms with Gasteiger partial charge < -0.3 is 20.3 Å². The smallest absolute Gasteiger partial charge is 0.309 e. The van der Waals surface area contributed by atoms with E-state index in [2.05, 4.69) is 10.6 Å². The van der Waals surface area contributed by atoms with Crippen molar-refractivity contribution in [2.45, 2.75) is 17.5 Å². The number of sulfonamides is 1. The Kier molecular flexibility index (Phi) is 7.72. The molecule has 1 aliphatic rings. The average Bonchev–Trinajstić information content (AvgIpc) is 3.13. The van der Waals surface area contributed by atoms with Crippen LogP contribution in [-0.2, 0) is 24.3 Å². The second-order valence-electron chi connectivity index (χ2n) is 6.38. The molecule has 150 valence electrons. The van der Waals surface area contributed by atoms with Crippen LogP contribution >= 0.6 is 0 Å². The van der Waals surface area contributed by atoms with E-state index in [0.717, 1.165) is 13.0 Å². The number of carbonyl (C=O) groups is 2. The molecule has 1 heterocycles. The van der Waals surface area contributed by atoms with E-state index in [1.165, 1.54) is 16.4 Å². The van der Waals surface area contributed by atoms with Gasteiger partial charge in [0.25, 0.3) is 0 Å². The van der Waals surface area contributed by atoms with Crippen molar-refractivity contribution in [2.24, 2.45) is 0 Å². The van der Waals surface area contributed by atoms with Crippen LogP contribution in [0.15, 0.2) is 35.2 Å². The monoisotopic (exact) mass is 398 g/mol. The summed E-state index contributed by atoms with van der Waals surface area (Å²) in [6.45, 7) is 1.50. The molecule has 0 saturated carbocycles. The van der Waals surface area contributed by atoms with Gasteiger partial charge in [-0.3, -0.25) is 9.59 Å². The van der Waals surface area contributed by atoms with Crippen molar-refractivity contribution < 1.29 is 22.7 Å². The molecular formula is C17H26N4O5S. The molecule has 1 fully saturated rings. The lowest BCUT2D eigenvalue weighted by Crippen LogP contribution is -2.47. The summed E-state index contributed by atoms with van der Waals surface area (Å²) in [4.78, 5) is 25.8. The summed E-state index contributed by atoms with van der Waals surface area (Å²) >= 11 is 0. The number of amides is 2. The zero-order chi connectivity index (χ0) is 19.9. The van der Waals surface area contributed by atoms with Crippen molar-refractivity contribution >= 4 is 21.8 Å². The lowest BCUT2D eigenvalue weighted by Gasteiger charge is -2.22. The highest BCUT2D eigenvalue weighted by Gasteiger charge is 2.36. The lowest BCUT2D eigenvalue weighted by molar-refractivity contribution is -0.139. The third-order valence-electron chi connectivity index (χ3n) is 4.00. The number of benzene rings is 1. The van der Waals surface area contributed by atoms with Crippen molar-refractivity contribution in [3.05, 3.63) is 30.3 Å². The zero-order valence-corrected chi connectivity index (χ0v) is 16.4. The molecule has 1 atom stereocenters. The Morgan fingerprint density at radius 2 is 1.85 bits per heavy atom. The van der Waals surface area contributed by atoms with Crippen LogP contribution in [-0.4, -0.2) is 82.5 Å². The van der Waals surface area contributed by atoms with E-state index in [1.807, 2.05) is 19.0 Å². The molecule has 0 aliphatic carbocycles. The molecule has 1 unspecified atom stereocenters. The minimum absolute atomic E-state index is 0.101. The van der Waals surface area contributed by atoms with Crippen LogP contribution in [0.2, 0.25) is 0 Å². The summed E-state index contributed by atoms with van der Waals surface area (Å²) in [5.74, 6) is -1.56. The fourth-order valence-corrected chi connectivity index (χ4v) is 4.14. The molecule has 1 aromatic carbocycles. The molecule has 9 nitrogen and oxygen atoms in total. The highest BCUT2D eigenvalue weighted by molar-refractivity contribution is 7.89. The van der Waals surface area contributed by atoms with Crippen LogP contribution < -0.4 is 10.6 Å². The SMILES string of the molecule is CN(C)CCCNC(=O)C(=O)NCC1OCCN1S(=O)(=O)c1ccccc1. The van der Waals surface area contributed by atoms with E-state index in [4.69, 9.17) is 4.74 Å². The molecule has 0 radical (unpaired) electrons. The Hall–Kier alpha value is -2.01. The van der Waals surface area contributed by atoms with Gasteiger partial charge in [-0.25, -0.2) is 8.42 Å². The van der Waals surface area contributed by atoms with Crippen LogP contribution in [0.25, 0.3) is 0 Å². The molecular weight excluding hydrogens is 372 g/mol. The second-order valence-corrected chi connectivity index (χ2v) is 8.27. The number of rotatable bonds is 8. The van der Waals surface area contributed by atoms with Gasteiger partial charge in [0, 0.05) is 13.1 Å². The molecule has 10 heteroatoms. The van der Waals surface area contributed by atoms with Gasteiger partial charge in [-0.05, 0) is 39.2 Å². The van der Waals surface area contributed by atoms with Gasteiger partial charge in [-0.1, -0.05) is 18.2 Å². The first-order valence-corrected chi connectivity index (χ1v) is 10.2. The molecule has 0 bridgehead atoms. The predicted octanol–water partition coefficient (Wildman–Crippen LogP) is -0.782. The van der Waals surface area contributed by atoms with Crippen LogP contribution in [0.1, 0.15) is 6.42 Å². The molecule has 1 aliphatic heterocycles. The van der Waals surface area contributed by atoms with E-state index < -0.39 is 28.1 Å². The topological polar surface area (TPSA) is 108 Å². The molecule has 0 spiro atoms. The summed E-state index contributed by atoms with van der Waals surface area (Å²) in [5.41, 5.74) is 0. The number of hydrogen-bond donors (Lipinski definition) is 2. The normalized spacial score (nSPS) is 17.8. The van der Waals surface area contributed by atoms with Gasteiger partial charge in [0.2, 0.25) is 10.0 Å². The number of ether oxygens (including phenoxy) is 1. The fourth-order valence-electron chi connectivity index (χ4n) is 2.61. The average molecular weight is 398 g/mol. The van der Waals surface area contributed by atoms with Crippen LogP contribution in [0.4, 0.5) is 0 Å². The van der Waals surface area contributed by atoms with Crippen LogP contribution in [0, 0.1) is 0 Å². The summed E-state index contributed by atoms with van der Waals surface area (Å²) in [6.07, 6.45) is -0.124. The number of hydrogen-bond acceptors (Lipinski definition) is 6. The Morgan fingerprint density at radius 1 is 1.19 bits per heavy atom. The van der Waals surface area contributed by atoms with E-state index in [0.29, 0.717) is 6.54 Å². The fraction of sp³-hybridized carbons (Fsp3) is 0.529. The van der Waals surface area contributed by atoms with Crippen LogP contribution in [0.5, 0.6) is 0 Å². The number of carbonyl (C=O) groups excluding carboxylic acids is 2. The molecule has 0 aromatic heterocycles. The molecule has 2 amide bonds. The summed E-state index contributed by atoms with van der Waals surface area (Å²) in [5, 5.41) is 4.97. The first kappa shape index (κ1) is 21.3. The van der Waals surface area contributed by atoms with Gasteiger partial charge in [0.1, 0.15) is 6.23 Å². The third-order valence-corrected chi connectivity index (χ3v) is 5.91. The van der Waals surface area contributed by atoms with Gasteiger partial charge in [-0.15, -0.1) is 0 Å². The highest BCUT2D eigenvalue weighted by atomic mass is 32.2. The maximum Gasteiger partial charge on any atom is 0.309 e. The van der Waals surface area contributed by atoms with E-state index in [9.17, 15) is 18.0 Å². The Balaban J connectivity index is 1.86. The van der Waals surface area contributed by atoms with Crippen molar-refractivity contribution in [3.63, 3.8) is 0 Å². The van der Waals surface area contributed by atoms with Crippen molar-refractivity contribution in [1.82, 2.24) is 19.8 Å². The summed E-state index contributed by atoms with van der Waals surface area (Å²) in [6, 6.07) is 8.02. The van der Waals surface area contributed by atoms with Crippen LogP contribution in [0.3, 0.4) is 0 Å². The van der Waals surface area contributed by atoms with Gasteiger partial charge in [0.15, 0.2) is 0 Å². The first-order valence-electron chi connectivity index (χ1n) is 8.71. The zero-order valence-electron chi connectivity index (χ0n) is 15.6. The van der Waals surface area contributed by atoms with Crippen molar-refractivity contribution in [2.75, 3.05) is 46.9 Å². The Bertz CT molecular complexity index is 739. The van der Waals surface area contributed by atoms with Gasteiger partial charge in [0.05, 0.1) is 18.0 Å². The third kappa shape index (κ3) is 5.99. The van der Waals surface area contributed by atoms with Gasteiger partial charge in [-0.2, -0.15) is 4.31 Å². The van der Waals surface area contributed by atoms with E-state index in [1.54, 1.807) is 18.2 Å². The van der Waals surface area contributed by atoms with E-state index >= 15 is 0 Å². The summed E-state index contributed by atoms with van der Waals surface area (Å²) in [7, 11) is 0.114. The minimum Gasteiger partial charge on any atom is -0.359 e. The number of nitrogens with one attached hydrogen (secondary N) is 2. The lowest BCUT2D eigenvalue weighted by atomic mass is 10.4.